The maximum atomic E-state index is 5.75. The van der Waals surface area contributed by atoms with Gasteiger partial charge in [-0.25, -0.2) is 4.98 Å². The molecule has 3 heteroatoms. The van der Waals surface area contributed by atoms with Gasteiger partial charge in [-0.3, -0.25) is 0 Å². The molecule has 0 aliphatic heterocycles. The van der Waals surface area contributed by atoms with Crippen LogP contribution >= 0.6 is 15.9 Å². The molecule has 0 spiro atoms. The molecule has 94 valence electrons. The van der Waals surface area contributed by atoms with Crippen LogP contribution in [0.25, 0.3) is 0 Å². The fourth-order valence-electron chi connectivity index (χ4n) is 1.57. The van der Waals surface area contributed by atoms with E-state index in [-0.39, 0.29) is 5.41 Å². The number of hydrogen-bond acceptors (Lipinski definition) is 2. The lowest BCUT2D eigenvalue weighted by Gasteiger charge is -2.19. The smallest absolute Gasteiger partial charge is 0.220 e. The zero-order valence-electron chi connectivity index (χ0n) is 10.8. The molecule has 0 saturated heterocycles. The average Bonchev–Trinajstić information content (AvgIpc) is 2.28. The Balaban J connectivity index is 2.32. The second-order valence-corrected chi connectivity index (χ2v) is 5.99. The summed E-state index contributed by atoms with van der Waals surface area (Å²) < 4.78 is 6.55. The van der Waals surface area contributed by atoms with Crippen LogP contribution in [0.3, 0.4) is 0 Å². The lowest BCUT2D eigenvalue weighted by molar-refractivity contribution is 0.457. The van der Waals surface area contributed by atoms with Gasteiger partial charge in [0.1, 0.15) is 10.4 Å². The van der Waals surface area contributed by atoms with E-state index in [4.69, 9.17) is 4.74 Å². The lowest BCUT2D eigenvalue weighted by Crippen LogP contribution is -2.11. The Morgan fingerprint density at radius 2 is 1.72 bits per heavy atom. The Kier molecular flexibility index (Phi) is 3.71. The number of benzene rings is 1. The van der Waals surface area contributed by atoms with E-state index in [2.05, 4.69) is 41.7 Å². The number of halogens is 1. The Bertz CT molecular complexity index is 532. The highest BCUT2D eigenvalue weighted by Gasteiger charge is 2.16. The molecular formula is C15H16BrNO. The Morgan fingerprint density at radius 3 is 2.33 bits per heavy atom. The van der Waals surface area contributed by atoms with Crippen LogP contribution in [-0.4, -0.2) is 4.98 Å². The van der Waals surface area contributed by atoms with Crippen LogP contribution in [0.4, 0.5) is 0 Å². The van der Waals surface area contributed by atoms with Crippen molar-refractivity contribution in [1.82, 2.24) is 4.98 Å². The molecule has 1 heterocycles. The number of aromatic nitrogens is 1. The van der Waals surface area contributed by atoms with E-state index < -0.39 is 0 Å². The van der Waals surface area contributed by atoms with Crippen molar-refractivity contribution in [1.29, 1.82) is 0 Å². The molecule has 2 nitrogen and oxygen atoms in total. The number of pyridine rings is 1. The van der Waals surface area contributed by atoms with Gasteiger partial charge in [0.05, 0.1) is 0 Å². The standard InChI is InChI=1S/C15H16BrNO/c1-15(2,3)11-9-13(16)17-14(10-11)18-12-7-5-4-6-8-12/h4-10H,1-3H3. The summed E-state index contributed by atoms with van der Waals surface area (Å²) in [6.45, 7) is 6.50. The third-order valence-corrected chi connectivity index (χ3v) is 3.01. The molecule has 18 heavy (non-hydrogen) atoms. The van der Waals surface area contributed by atoms with Crippen LogP contribution in [0.1, 0.15) is 26.3 Å². The second kappa shape index (κ2) is 5.11. The molecule has 0 bridgehead atoms. The van der Waals surface area contributed by atoms with E-state index in [1.165, 1.54) is 5.56 Å². The molecule has 0 saturated carbocycles. The molecule has 2 aromatic rings. The minimum Gasteiger partial charge on any atom is -0.439 e. The van der Waals surface area contributed by atoms with Gasteiger partial charge in [0, 0.05) is 6.07 Å². The molecule has 0 unspecified atom stereocenters. The minimum absolute atomic E-state index is 0.0697. The summed E-state index contributed by atoms with van der Waals surface area (Å²) in [5, 5.41) is 0. The van der Waals surface area contributed by atoms with Crippen LogP contribution in [0.2, 0.25) is 0 Å². The first-order valence-corrected chi connectivity index (χ1v) is 6.65. The molecule has 0 fully saturated rings. The number of para-hydroxylation sites is 1. The van der Waals surface area contributed by atoms with Crippen LogP contribution in [-0.2, 0) is 5.41 Å². The van der Waals surface area contributed by atoms with Crippen molar-refractivity contribution in [2.24, 2.45) is 0 Å². The van der Waals surface area contributed by atoms with Gasteiger partial charge in [-0.1, -0.05) is 39.0 Å². The van der Waals surface area contributed by atoms with E-state index in [9.17, 15) is 0 Å². The van der Waals surface area contributed by atoms with Crippen LogP contribution in [0.5, 0.6) is 11.6 Å². The fraction of sp³-hybridized carbons (Fsp3) is 0.267. The molecular weight excluding hydrogens is 290 g/mol. The Hall–Kier alpha value is -1.35. The highest BCUT2D eigenvalue weighted by molar-refractivity contribution is 9.10. The first kappa shape index (κ1) is 13.1. The van der Waals surface area contributed by atoms with Crippen molar-refractivity contribution in [2.75, 3.05) is 0 Å². The molecule has 1 aromatic heterocycles. The zero-order valence-corrected chi connectivity index (χ0v) is 12.4. The van der Waals surface area contributed by atoms with E-state index in [1.807, 2.05) is 42.5 Å². The maximum absolute atomic E-state index is 5.75. The van der Waals surface area contributed by atoms with E-state index in [1.54, 1.807) is 0 Å². The number of hydrogen-bond donors (Lipinski definition) is 0. The van der Waals surface area contributed by atoms with Gasteiger partial charge in [-0.2, -0.15) is 0 Å². The number of rotatable bonds is 2. The van der Waals surface area contributed by atoms with Crippen molar-refractivity contribution in [3.8, 4) is 11.6 Å². The van der Waals surface area contributed by atoms with E-state index >= 15 is 0 Å². The predicted octanol–water partition coefficient (Wildman–Crippen LogP) is 4.93. The molecule has 0 radical (unpaired) electrons. The summed E-state index contributed by atoms with van der Waals surface area (Å²) in [6.07, 6.45) is 0. The van der Waals surface area contributed by atoms with Gasteiger partial charge in [0.2, 0.25) is 5.88 Å². The summed E-state index contributed by atoms with van der Waals surface area (Å²) in [5.74, 6) is 1.41. The highest BCUT2D eigenvalue weighted by atomic mass is 79.9. The summed E-state index contributed by atoms with van der Waals surface area (Å²) in [4.78, 5) is 4.34. The first-order chi connectivity index (χ1) is 8.45. The Labute approximate surface area is 116 Å². The SMILES string of the molecule is CC(C)(C)c1cc(Br)nc(Oc2ccccc2)c1. The third kappa shape index (κ3) is 3.33. The number of nitrogens with zero attached hydrogens (tertiary/aromatic N) is 1. The maximum Gasteiger partial charge on any atom is 0.220 e. The molecule has 0 aliphatic carbocycles. The summed E-state index contributed by atoms with van der Waals surface area (Å²) in [7, 11) is 0. The quantitative estimate of drug-likeness (QED) is 0.734. The molecule has 1 aromatic carbocycles. The van der Waals surface area contributed by atoms with Crippen molar-refractivity contribution in [3.63, 3.8) is 0 Å². The van der Waals surface area contributed by atoms with Crippen molar-refractivity contribution in [3.05, 3.63) is 52.6 Å². The van der Waals surface area contributed by atoms with Crippen molar-refractivity contribution in [2.45, 2.75) is 26.2 Å². The fourth-order valence-corrected chi connectivity index (χ4v) is 1.99. The largest absolute Gasteiger partial charge is 0.439 e. The van der Waals surface area contributed by atoms with Gasteiger partial charge in [-0.15, -0.1) is 0 Å². The number of ether oxygens (including phenoxy) is 1. The summed E-state index contributed by atoms with van der Waals surface area (Å²) in [6, 6.07) is 13.7. The average molecular weight is 306 g/mol. The van der Waals surface area contributed by atoms with Crippen LogP contribution < -0.4 is 4.74 Å². The topological polar surface area (TPSA) is 22.1 Å². The van der Waals surface area contributed by atoms with Gasteiger partial charge in [0.15, 0.2) is 0 Å². The highest BCUT2D eigenvalue weighted by Crippen LogP contribution is 2.29. The van der Waals surface area contributed by atoms with Crippen molar-refractivity contribution >= 4 is 15.9 Å². The molecule has 0 amide bonds. The predicted molar refractivity (Wildman–Crippen MR) is 77.2 cm³/mol. The lowest BCUT2D eigenvalue weighted by atomic mass is 9.88. The molecule has 0 aliphatic rings. The van der Waals surface area contributed by atoms with Gasteiger partial charge >= 0.3 is 0 Å². The minimum atomic E-state index is 0.0697. The third-order valence-electron chi connectivity index (χ3n) is 2.60. The van der Waals surface area contributed by atoms with Crippen LogP contribution in [0.15, 0.2) is 47.1 Å². The monoisotopic (exact) mass is 305 g/mol. The normalized spacial score (nSPS) is 11.3. The zero-order chi connectivity index (χ0) is 13.2. The van der Waals surface area contributed by atoms with Gasteiger partial charge in [-0.05, 0) is 45.1 Å². The first-order valence-electron chi connectivity index (χ1n) is 5.86. The Morgan fingerprint density at radius 1 is 1.06 bits per heavy atom. The van der Waals surface area contributed by atoms with Gasteiger partial charge in [0.25, 0.3) is 0 Å². The van der Waals surface area contributed by atoms with E-state index in [0.717, 1.165) is 10.4 Å². The summed E-state index contributed by atoms with van der Waals surface area (Å²) >= 11 is 3.43. The van der Waals surface area contributed by atoms with Gasteiger partial charge < -0.3 is 4.74 Å². The molecule has 0 N–H and O–H groups in total. The molecule has 0 atom stereocenters. The van der Waals surface area contributed by atoms with E-state index in [0.29, 0.717) is 5.88 Å². The molecule has 2 rings (SSSR count). The van der Waals surface area contributed by atoms with Crippen LogP contribution in [0, 0.1) is 0 Å². The summed E-state index contributed by atoms with van der Waals surface area (Å²) in [5.41, 5.74) is 1.26. The van der Waals surface area contributed by atoms with Crippen molar-refractivity contribution < 1.29 is 4.74 Å². The second-order valence-electron chi connectivity index (χ2n) is 5.18.